The minimum atomic E-state index is -1.13. The molecule has 0 fully saturated rings. The average molecular weight is 554 g/mol. The first-order valence-electron chi connectivity index (χ1n) is 12.5. The fourth-order valence-electron chi connectivity index (χ4n) is 4.77. The number of fused-ring (bicyclic) bond motifs is 1. The highest BCUT2D eigenvalue weighted by Gasteiger charge is 2.32. The first-order valence-corrected chi connectivity index (χ1v) is 13.3. The van der Waals surface area contributed by atoms with E-state index in [0.29, 0.717) is 5.02 Å². The number of aliphatic carboxylic acids is 1. The van der Waals surface area contributed by atoms with Gasteiger partial charge in [0, 0.05) is 18.0 Å². The first kappa shape index (κ1) is 26.5. The lowest BCUT2D eigenvalue weighted by Crippen LogP contribution is -2.46. The number of nitrogens with zero attached hydrogens (tertiary/aromatic N) is 1. The van der Waals surface area contributed by atoms with Gasteiger partial charge >= 0.3 is 5.97 Å². The number of benzene rings is 5. The molecule has 0 bridgehead atoms. The lowest BCUT2D eigenvalue weighted by Gasteiger charge is -2.30. The number of amides is 1. The maximum Gasteiger partial charge on any atom is 0.326 e. The number of hydrogen-bond acceptors (Lipinski definition) is 2. The summed E-state index contributed by atoms with van der Waals surface area (Å²) in [5.74, 6) is -1.57. The van der Waals surface area contributed by atoms with E-state index < -0.39 is 17.9 Å². The van der Waals surface area contributed by atoms with Gasteiger partial charge in [0.05, 0.1) is 10.6 Å². The lowest BCUT2D eigenvalue weighted by molar-refractivity contribution is -0.142. The Labute approximate surface area is 237 Å². The molecular weight excluding hydrogens is 529 g/mol. The normalized spacial score (nSPS) is 11.7. The molecule has 0 saturated carbocycles. The molecule has 0 spiro atoms. The minimum absolute atomic E-state index is 0.0954. The Morgan fingerprint density at radius 3 is 2.13 bits per heavy atom. The van der Waals surface area contributed by atoms with Crippen LogP contribution in [0.3, 0.4) is 0 Å². The molecule has 0 aromatic heterocycles. The molecule has 0 aliphatic heterocycles. The Morgan fingerprint density at radius 2 is 1.41 bits per heavy atom. The van der Waals surface area contributed by atoms with Gasteiger partial charge in [-0.1, -0.05) is 120 Å². The van der Waals surface area contributed by atoms with E-state index in [9.17, 15) is 14.7 Å². The average Bonchev–Trinajstić information content (AvgIpc) is 2.95. The molecule has 0 aliphatic carbocycles. The Hall–Kier alpha value is -4.12. The Balaban J connectivity index is 1.52. The number of halogens is 2. The molecule has 39 heavy (non-hydrogen) atoms. The van der Waals surface area contributed by atoms with Gasteiger partial charge in [-0.2, -0.15) is 0 Å². The summed E-state index contributed by atoms with van der Waals surface area (Å²) in [6.45, 7) is 0.0954. The summed E-state index contributed by atoms with van der Waals surface area (Å²) in [5.41, 5.74) is 3.95. The van der Waals surface area contributed by atoms with Crippen LogP contribution in [0.1, 0.15) is 21.5 Å². The number of carboxylic acids is 1. The summed E-state index contributed by atoms with van der Waals surface area (Å²) in [4.78, 5) is 28.0. The summed E-state index contributed by atoms with van der Waals surface area (Å²) >= 11 is 12.5. The molecule has 5 rings (SSSR count). The molecule has 0 heterocycles. The molecule has 4 nitrogen and oxygen atoms in total. The van der Waals surface area contributed by atoms with Gasteiger partial charge in [-0.05, 0) is 51.2 Å². The van der Waals surface area contributed by atoms with Crippen molar-refractivity contribution in [3.63, 3.8) is 0 Å². The second-order valence-electron chi connectivity index (χ2n) is 9.32. The lowest BCUT2D eigenvalue weighted by atomic mass is 9.98. The first-order chi connectivity index (χ1) is 18.9. The van der Waals surface area contributed by atoms with Crippen LogP contribution >= 0.6 is 23.2 Å². The van der Waals surface area contributed by atoms with Gasteiger partial charge < -0.3 is 10.0 Å². The highest BCUT2D eigenvalue weighted by Crippen LogP contribution is 2.28. The summed E-state index contributed by atoms with van der Waals surface area (Å²) in [6.07, 6.45) is 0.131. The van der Waals surface area contributed by atoms with Crippen LogP contribution in [-0.2, 0) is 17.8 Å². The van der Waals surface area contributed by atoms with Crippen molar-refractivity contribution < 1.29 is 14.7 Å². The molecule has 6 heteroatoms. The second kappa shape index (κ2) is 11.7. The monoisotopic (exact) mass is 553 g/mol. The smallest absolute Gasteiger partial charge is 0.326 e. The van der Waals surface area contributed by atoms with Crippen LogP contribution < -0.4 is 0 Å². The molecule has 0 radical (unpaired) electrons. The topological polar surface area (TPSA) is 57.6 Å². The van der Waals surface area contributed by atoms with Gasteiger partial charge in [0.25, 0.3) is 5.91 Å². The Morgan fingerprint density at radius 1 is 0.744 bits per heavy atom. The summed E-state index contributed by atoms with van der Waals surface area (Å²) in [6, 6.07) is 34.8. The maximum atomic E-state index is 13.9. The highest BCUT2D eigenvalue weighted by molar-refractivity contribution is 6.36. The molecule has 5 aromatic carbocycles. The quantitative estimate of drug-likeness (QED) is 0.211. The van der Waals surface area contributed by atoms with Crippen LogP contribution in [0, 0.1) is 0 Å². The van der Waals surface area contributed by atoms with Gasteiger partial charge in [0.15, 0.2) is 0 Å². The molecule has 1 amide bonds. The zero-order chi connectivity index (χ0) is 27.4. The fraction of sp³-hybridized carbons (Fsp3) is 0.0909. The van der Waals surface area contributed by atoms with E-state index >= 15 is 0 Å². The van der Waals surface area contributed by atoms with Crippen molar-refractivity contribution in [1.29, 1.82) is 0 Å². The van der Waals surface area contributed by atoms with E-state index in [4.69, 9.17) is 23.2 Å². The van der Waals surface area contributed by atoms with E-state index in [-0.39, 0.29) is 23.6 Å². The minimum Gasteiger partial charge on any atom is -0.480 e. The zero-order valence-corrected chi connectivity index (χ0v) is 22.4. The number of carbonyl (C=O) groups excluding carboxylic acids is 1. The van der Waals surface area contributed by atoms with Gasteiger partial charge in [-0.15, -0.1) is 0 Å². The molecule has 0 aliphatic rings. The second-order valence-corrected chi connectivity index (χ2v) is 10.2. The SMILES string of the molecule is O=C(O)[C@H](Cc1ccc(-c2ccccc2)cc1)N(Cc1cccc2ccccc12)C(=O)c1ccc(Cl)cc1Cl. The van der Waals surface area contributed by atoms with E-state index in [2.05, 4.69) is 0 Å². The van der Waals surface area contributed by atoms with Gasteiger partial charge in [-0.3, -0.25) is 4.79 Å². The third-order valence-electron chi connectivity index (χ3n) is 6.79. The van der Waals surface area contributed by atoms with Crippen molar-refractivity contribution in [3.8, 4) is 11.1 Å². The van der Waals surface area contributed by atoms with Gasteiger partial charge in [0.1, 0.15) is 6.04 Å². The van der Waals surface area contributed by atoms with E-state index in [0.717, 1.165) is 33.0 Å². The van der Waals surface area contributed by atoms with Crippen LogP contribution in [0.15, 0.2) is 115 Å². The predicted molar refractivity (Wildman–Crippen MR) is 157 cm³/mol. The van der Waals surface area contributed by atoms with E-state index in [1.165, 1.54) is 17.0 Å². The number of rotatable bonds is 8. The zero-order valence-electron chi connectivity index (χ0n) is 20.9. The number of hydrogen-bond donors (Lipinski definition) is 1. The Bertz CT molecular complexity index is 1630. The van der Waals surface area contributed by atoms with Crippen LogP contribution in [0.4, 0.5) is 0 Å². The largest absolute Gasteiger partial charge is 0.480 e. The standard InChI is InChI=1S/C33H25Cl2NO3/c34-27-17-18-29(30(35)20-27)32(37)36(21-26-11-6-10-25-9-4-5-12-28(25)26)31(33(38)39)19-22-13-15-24(16-14-22)23-7-2-1-3-8-23/h1-18,20,31H,19,21H2,(H,38,39)/t31-/m0/s1. The van der Waals surface area contributed by atoms with Crippen molar-refractivity contribution in [2.45, 2.75) is 19.0 Å². The van der Waals surface area contributed by atoms with Crippen molar-refractivity contribution in [1.82, 2.24) is 4.90 Å². The summed E-state index contributed by atoms with van der Waals surface area (Å²) < 4.78 is 0. The van der Waals surface area contributed by atoms with E-state index in [1.54, 1.807) is 6.07 Å². The van der Waals surface area contributed by atoms with Crippen molar-refractivity contribution in [3.05, 3.63) is 142 Å². The molecule has 1 N–H and O–H groups in total. The molecule has 5 aromatic rings. The van der Waals surface area contributed by atoms with Gasteiger partial charge in [-0.25, -0.2) is 4.79 Å². The van der Waals surface area contributed by atoms with E-state index in [1.807, 2.05) is 97.1 Å². The van der Waals surface area contributed by atoms with Crippen molar-refractivity contribution in [2.24, 2.45) is 0 Å². The number of carboxylic acid groups (broad SMARTS) is 1. The van der Waals surface area contributed by atoms with Gasteiger partial charge in [0.2, 0.25) is 0 Å². The Kier molecular flexibility index (Phi) is 7.97. The fourth-order valence-corrected chi connectivity index (χ4v) is 5.26. The van der Waals surface area contributed by atoms with Crippen LogP contribution in [0.2, 0.25) is 10.0 Å². The third kappa shape index (κ3) is 5.98. The summed E-state index contributed by atoms with van der Waals surface area (Å²) in [7, 11) is 0. The highest BCUT2D eigenvalue weighted by atomic mass is 35.5. The third-order valence-corrected chi connectivity index (χ3v) is 7.34. The summed E-state index contributed by atoms with van der Waals surface area (Å²) in [5, 5.41) is 12.9. The van der Waals surface area contributed by atoms with Crippen molar-refractivity contribution in [2.75, 3.05) is 0 Å². The molecule has 0 unspecified atom stereocenters. The molecule has 1 atom stereocenters. The predicted octanol–water partition coefficient (Wildman–Crippen LogP) is 8.15. The maximum absolute atomic E-state index is 13.9. The van der Waals surface area contributed by atoms with Crippen LogP contribution in [0.5, 0.6) is 0 Å². The molecule has 194 valence electrons. The van der Waals surface area contributed by atoms with Crippen LogP contribution in [0.25, 0.3) is 21.9 Å². The molecular formula is C33H25Cl2NO3. The number of carbonyl (C=O) groups is 2. The van der Waals surface area contributed by atoms with Crippen molar-refractivity contribution >= 4 is 45.9 Å². The molecule has 0 saturated heterocycles. The van der Waals surface area contributed by atoms with Crippen LogP contribution in [-0.4, -0.2) is 27.9 Å².